The molecule has 0 saturated heterocycles. The summed E-state index contributed by atoms with van der Waals surface area (Å²) in [6, 6.07) is 6.61. The number of carbonyl (C=O) groups excluding carboxylic acids is 2. The van der Waals surface area contributed by atoms with Crippen LogP contribution in [-0.4, -0.2) is 30.8 Å². The van der Waals surface area contributed by atoms with Gasteiger partial charge >= 0.3 is 0 Å². The lowest BCUT2D eigenvalue weighted by molar-refractivity contribution is 0.0827. The highest BCUT2D eigenvalue weighted by Gasteiger charge is 2.14. The number of anilines is 1. The molecule has 2 aromatic rings. The Labute approximate surface area is 145 Å². The van der Waals surface area contributed by atoms with Crippen LogP contribution in [0.4, 0.5) is 5.69 Å². The highest BCUT2D eigenvalue weighted by molar-refractivity contribution is 14.1. The first-order chi connectivity index (χ1) is 9.88. The molecule has 0 spiro atoms. The van der Waals surface area contributed by atoms with Gasteiger partial charge in [-0.15, -0.1) is 11.3 Å². The second-order valence-corrected chi connectivity index (χ2v) is 7.70. The summed E-state index contributed by atoms with van der Waals surface area (Å²) in [6.45, 7) is 0. The topological polar surface area (TPSA) is 49.4 Å². The average Bonchev–Trinajstić information content (AvgIpc) is 2.87. The molecule has 0 aliphatic rings. The highest BCUT2D eigenvalue weighted by Crippen LogP contribution is 2.25. The van der Waals surface area contributed by atoms with Crippen molar-refractivity contribution in [1.29, 1.82) is 0 Å². The summed E-state index contributed by atoms with van der Waals surface area (Å²) in [5.41, 5.74) is 1.47. The van der Waals surface area contributed by atoms with Crippen molar-refractivity contribution in [3.05, 3.63) is 48.7 Å². The van der Waals surface area contributed by atoms with Crippen LogP contribution in [0, 0.1) is 2.88 Å². The number of amides is 2. The molecule has 2 rings (SSSR count). The fourth-order valence-electron chi connectivity index (χ4n) is 1.64. The summed E-state index contributed by atoms with van der Waals surface area (Å²) in [5, 5.41) is 4.91. The summed E-state index contributed by atoms with van der Waals surface area (Å²) in [5.74, 6) is -0.391. The van der Waals surface area contributed by atoms with Crippen molar-refractivity contribution >= 4 is 63.0 Å². The van der Waals surface area contributed by atoms with Gasteiger partial charge < -0.3 is 10.2 Å². The quantitative estimate of drug-likeness (QED) is 0.744. The largest absolute Gasteiger partial charge is 0.345 e. The smallest absolute Gasteiger partial charge is 0.256 e. The zero-order chi connectivity index (χ0) is 15.6. The van der Waals surface area contributed by atoms with E-state index in [4.69, 9.17) is 11.6 Å². The molecular weight excluding hydrogens is 423 g/mol. The van der Waals surface area contributed by atoms with Crippen LogP contribution in [0.15, 0.2) is 29.6 Å². The number of nitrogens with zero attached hydrogens (tertiary/aromatic N) is 1. The van der Waals surface area contributed by atoms with E-state index in [-0.39, 0.29) is 11.8 Å². The summed E-state index contributed by atoms with van der Waals surface area (Å²) in [6.07, 6.45) is 0. The molecule has 0 aliphatic carbocycles. The van der Waals surface area contributed by atoms with Crippen molar-refractivity contribution in [2.45, 2.75) is 0 Å². The predicted molar refractivity (Wildman–Crippen MR) is 94.5 cm³/mol. The van der Waals surface area contributed by atoms with Crippen molar-refractivity contribution in [1.82, 2.24) is 4.90 Å². The summed E-state index contributed by atoms with van der Waals surface area (Å²) in [7, 11) is 3.34. The first-order valence-electron chi connectivity index (χ1n) is 5.95. The van der Waals surface area contributed by atoms with Gasteiger partial charge in [-0.25, -0.2) is 0 Å². The van der Waals surface area contributed by atoms with E-state index in [1.54, 1.807) is 43.7 Å². The molecule has 0 saturated carbocycles. The van der Waals surface area contributed by atoms with E-state index in [1.807, 2.05) is 0 Å². The number of thiophene rings is 1. The first-order valence-corrected chi connectivity index (χ1v) is 8.28. The van der Waals surface area contributed by atoms with Gasteiger partial charge in [0.2, 0.25) is 0 Å². The van der Waals surface area contributed by atoms with Gasteiger partial charge in [0.15, 0.2) is 0 Å². The Morgan fingerprint density at radius 1 is 1.24 bits per heavy atom. The molecule has 0 fully saturated rings. The second kappa shape index (κ2) is 6.76. The standard InChI is InChI=1S/C14H12ClIN2O2S/c1-18(2)14(20)8-3-4-10(15)11(5-8)17-13(19)9-6-12(16)21-7-9/h3-7H,1-2H3,(H,17,19). The Morgan fingerprint density at radius 3 is 2.52 bits per heavy atom. The highest BCUT2D eigenvalue weighted by atomic mass is 127. The number of nitrogens with one attached hydrogen (secondary N) is 1. The van der Waals surface area contributed by atoms with E-state index >= 15 is 0 Å². The van der Waals surface area contributed by atoms with Crippen LogP contribution in [-0.2, 0) is 0 Å². The maximum Gasteiger partial charge on any atom is 0.256 e. The molecule has 1 heterocycles. The molecule has 1 N–H and O–H groups in total. The minimum atomic E-state index is -0.245. The van der Waals surface area contributed by atoms with E-state index in [1.165, 1.54) is 16.2 Å². The van der Waals surface area contributed by atoms with E-state index in [0.717, 1.165) is 2.88 Å². The predicted octanol–water partition coefficient (Wildman–Crippen LogP) is 3.96. The van der Waals surface area contributed by atoms with E-state index < -0.39 is 0 Å². The number of benzene rings is 1. The molecule has 1 aromatic heterocycles. The maximum atomic E-state index is 12.1. The van der Waals surface area contributed by atoms with Crippen LogP contribution in [0.2, 0.25) is 5.02 Å². The lowest BCUT2D eigenvalue weighted by Crippen LogP contribution is -2.22. The second-order valence-electron chi connectivity index (χ2n) is 4.49. The zero-order valence-electron chi connectivity index (χ0n) is 11.3. The third-order valence-corrected chi connectivity index (χ3v) is 4.82. The van der Waals surface area contributed by atoms with Crippen LogP contribution in [0.3, 0.4) is 0 Å². The summed E-state index contributed by atoms with van der Waals surface area (Å²) >= 11 is 9.73. The van der Waals surface area contributed by atoms with Crippen molar-refractivity contribution in [2.75, 3.05) is 19.4 Å². The lowest BCUT2D eigenvalue weighted by Gasteiger charge is -2.12. The van der Waals surface area contributed by atoms with Gasteiger partial charge in [0, 0.05) is 25.0 Å². The van der Waals surface area contributed by atoms with Crippen LogP contribution < -0.4 is 5.32 Å². The van der Waals surface area contributed by atoms with Crippen molar-refractivity contribution in [3.63, 3.8) is 0 Å². The minimum absolute atomic E-state index is 0.146. The number of halogens is 2. The van der Waals surface area contributed by atoms with Gasteiger partial charge in [0.25, 0.3) is 11.8 Å². The molecule has 21 heavy (non-hydrogen) atoms. The van der Waals surface area contributed by atoms with Gasteiger partial charge in [0.05, 0.1) is 19.2 Å². The molecule has 0 atom stereocenters. The molecule has 4 nitrogen and oxygen atoms in total. The zero-order valence-corrected chi connectivity index (χ0v) is 15.0. The normalized spacial score (nSPS) is 10.3. The third-order valence-electron chi connectivity index (χ3n) is 2.70. The molecular formula is C14H12ClIN2O2S. The molecule has 0 bridgehead atoms. The Morgan fingerprint density at radius 2 is 1.95 bits per heavy atom. The number of rotatable bonds is 3. The molecule has 0 radical (unpaired) electrons. The monoisotopic (exact) mass is 434 g/mol. The molecule has 1 aromatic carbocycles. The van der Waals surface area contributed by atoms with Crippen LogP contribution in [0.1, 0.15) is 20.7 Å². The van der Waals surface area contributed by atoms with Crippen molar-refractivity contribution in [2.24, 2.45) is 0 Å². The van der Waals surface area contributed by atoms with E-state index in [2.05, 4.69) is 27.9 Å². The SMILES string of the molecule is CN(C)C(=O)c1ccc(Cl)c(NC(=O)c2csc(I)c2)c1. The van der Waals surface area contributed by atoms with Crippen molar-refractivity contribution < 1.29 is 9.59 Å². The summed E-state index contributed by atoms with van der Waals surface area (Å²) < 4.78 is 1.03. The fourth-order valence-corrected chi connectivity index (χ4v) is 3.13. The number of hydrogen-bond acceptors (Lipinski definition) is 3. The molecule has 0 aliphatic heterocycles. The van der Waals surface area contributed by atoms with Crippen molar-refractivity contribution in [3.8, 4) is 0 Å². The molecule has 2 amide bonds. The third kappa shape index (κ3) is 3.96. The molecule has 110 valence electrons. The van der Waals surface area contributed by atoms with Gasteiger partial charge in [-0.2, -0.15) is 0 Å². The van der Waals surface area contributed by atoms with Crippen LogP contribution in [0.5, 0.6) is 0 Å². The number of hydrogen-bond donors (Lipinski definition) is 1. The Balaban J connectivity index is 2.25. The lowest BCUT2D eigenvalue weighted by atomic mass is 10.1. The van der Waals surface area contributed by atoms with Crippen LogP contribution in [0.25, 0.3) is 0 Å². The van der Waals surface area contributed by atoms with Gasteiger partial charge in [-0.05, 0) is 46.9 Å². The molecule has 7 heteroatoms. The number of carbonyl (C=O) groups is 2. The first kappa shape index (κ1) is 16.3. The van der Waals surface area contributed by atoms with Gasteiger partial charge in [-0.1, -0.05) is 11.6 Å². The summed E-state index contributed by atoms with van der Waals surface area (Å²) in [4.78, 5) is 25.5. The van der Waals surface area contributed by atoms with E-state index in [9.17, 15) is 9.59 Å². The average molecular weight is 435 g/mol. The fraction of sp³-hybridized carbons (Fsp3) is 0.143. The van der Waals surface area contributed by atoms with E-state index in [0.29, 0.717) is 21.8 Å². The minimum Gasteiger partial charge on any atom is -0.345 e. The molecule has 0 unspecified atom stereocenters. The van der Waals surface area contributed by atoms with Gasteiger partial charge in [-0.3, -0.25) is 9.59 Å². The van der Waals surface area contributed by atoms with Crippen LogP contribution >= 0.6 is 45.5 Å². The van der Waals surface area contributed by atoms with Gasteiger partial charge in [0.1, 0.15) is 0 Å². The Hall–Kier alpha value is -1.12. The maximum absolute atomic E-state index is 12.1. The Bertz CT molecular complexity index is 700. The Kier molecular flexibility index (Phi) is 5.23.